The molecule has 1 aliphatic heterocycles. The van der Waals surface area contributed by atoms with Crippen LogP contribution in [0.4, 0.5) is 5.13 Å². The van der Waals surface area contributed by atoms with Crippen LogP contribution in [0, 0.1) is 0 Å². The number of aliphatic hydroxyl groups is 1. The van der Waals surface area contributed by atoms with Gasteiger partial charge in [-0.1, -0.05) is 6.07 Å². The van der Waals surface area contributed by atoms with Crippen LogP contribution in [0.3, 0.4) is 0 Å². The molecule has 0 amide bonds. The second kappa shape index (κ2) is 8.69. The number of aromatic nitrogens is 2. The number of aliphatic hydroxyl groups excluding tert-OH is 1. The monoisotopic (exact) mass is 463 g/mol. The Morgan fingerprint density at radius 1 is 1.23 bits per heavy atom. The topological polar surface area (TPSA) is 111 Å². The molecule has 164 valence electrons. The van der Waals surface area contributed by atoms with Crippen molar-refractivity contribution < 1.29 is 27.7 Å². The van der Waals surface area contributed by atoms with Crippen molar-refractivity contribution in [1.29, 1.82) is 0 Å². The molecule has 1 aromatic heterocycles. The van der Waals surface area contributed by atoms with Crippen LogP contribution in [0.25, 0.3) is 0 Å². The van der Waals surface area contributed by atoms with E-state index in [2.05, 4.69) is 9.36 Å². The number of hydrogen-bond donors (Lipinski definition) is 1. The van der Waals surface area contributed by atoms with E-state index in [1.54, 1.807) is 31.4 Å². The van der Waals surface area contributed by atoms with Crippen molar-refractivity contribution in [2.24, 2.45) is 0 Å². The van der Waals surface area contributed by atoms with Crippen LogP contribution in [0.1, 0.15) is 23.7 Å². The Morgan fingerprint density at radius 2 is 2.06 bits per heavy atom. The number of ether oxygens (including phenoxy) is 3. The average molecular weight is 464 g/mol. The van der Waals surface area contributed by atoms with Gasteiger partial charge in [-0.15, -0.1) is 0 Å². The van der Waals surface area contributed by atoms with Crippen molar-refractivity contribution in [1.82, 2.24) is 9.36 Å². The maximum absolute atomic E-state index is 13.6. The average Bonchev–Trinajstić information content (AvgIpc) is 3.31. The first-order valence-corrected chi connectivity index (χ1v) is 11.6. The second-order valence-electron chi connectivity index (χ2n) is 6.77. The van der Waals surface area contributed by atoms with E-state index in [9.17, 15) is 13.5 Å². The first-order chi connectivity index (χ1) is 14.9. The maximum Gasteiger partial charge on any atom is 0.266 e. The first-order valence-electron chi connectivity index (χ1n) is 9.39. The van der Waals surface area contributed by atoms with E-state index in [1.807, 2.05) is 0 Å². The molecule has 3 aromatic rings. The van der Waals surface area contributed by atoms with E-state index in [0.29, 0.717) is 41.4 Å². The predicted octanol–water partition coefficient (Wildman–Crippen LogP) is 2.77. The number of anilines is 1. The minimum atomic E-state index is -4.02. The molecule has 0 radical (unpaired) electrons. The van der Waals surface area contributed by atoms with Gasteiger partial charge in [-0.2, -0.15) is 4.37 Å². The third kappa shape index (κ3) is 4.16. The molecule has 2 aromatic carbocycles. The number of fused-ring (bicyclic) bond motifs is 1. The molecule has 0 aliphatic carbocycles. The fraction of sp³-hybridized carbons (Fsp3) is 0.300. The standard InChI is InChI=1S/C20H21N3O6S2/c1-27-14-4-3-13(18(9-14)28-2)11-23(20-21-12-22-30-20)31(25,26)15-5-6-16-17(24)7-8-29-19(16)10-15/h3-6,9-10,12,17,24H,7-8,11H2,1-2H3/t17-/m1/s1. The quantitative estimate of drug-likeness (QED) is 0.569. The fourth-order valence-corrected chi connectivity index (χ4v) is 5.45. The summed E-state index contributed by atoms with van der Waals surface area (Å²) < 4.78 is 48.6. The normalized spacial score (nSPS) is 15.6. The molecule has 0 spiro atoms. The minimum absolute atomic E-state index is 0.0226. The van der Waals surface area contributed by atoms with Gasteiger partial charge in [0.05, 0.1) is 38.4 Å². The number of hydrogen-bond acceptors (Lipinski definition) is 9. The summed E-state index contributed by atoms with van der Waals surface area (Å²) >= 11 is 0.971. The predicted molar refractivity (Wildman–Crippen MR) is 114 cm³/mol. The Hall–Kier alpha value is -2.89. The summed E-state index contributed by atoms with van der Waals surface area (Å²) in [5.74, 6) is 1.44. The zero-order chi connectivity index (χ0) is 22.0. The maximum atomic E-state index is 13.6. The van der Waals surface area contributed by atoms with E-state index in [0.717, 1.165) is 11.5 Å². The van der Waals surface area contributed by atoms with E-state index < -0.39 is 16.1 Å². The van der Waals surface area contributed by atoms with Gasteiger partial charge < -0.3 is 19.3 Å². The van der Waals surface area contributed by atoms with Crippen molar-refractivity contribution in [2.75, 3.05) is 25.1 Å². The summed E-state index contributed by atoms with van der Waals surface area (Å²) in [6, 6.07) is 9.65. The van der Waals surface area contributed by atoms with Crippen molar-refractivity contribution in [3.8, 4) is 17.2 Å². The van der Waals surface area contributed by atoms with Gasteiger partial charge in [0, 0.05) is 41.2 Å². The number of sulfonamides is 1. The van der Waals surface area contributed by atoms with Crippen molar-refractivity contribution >= 4 is 26.7 Å². The first kappa shape index (κ1) is 21.3. The van der Waals surface area contributed by atoms with Crippen LogP contribution in [0.5, 0.6) is 17.2 Å². The highest BCUT2D eigenvalue weighted by molar-refractivity contribution is 7.93. The molecule has 1 aliphatic rings. The fourth-order valence-electron chi connectivity index (χ4n) is 3.31. The summed E-state index contributed by atoms with van der Waals surface area (Å²) in [5.41, 5.74) is 1.20. The number of methoxy groups -OCH3 is 2. The van der Waals surface area contributed by atoms with Crippen molar-refractivity contribution in [2.45, 2.75) is 24.0 Å². The molecular formula is C20H21N3O6S2. The van der Waals surface area contributed by atoms with E-state index >= 15 is 0 Å². The zero-order valence-electron chi connectivity index (χ0n) is 16.9. The third-order valence-corrected chi connectivity index (χ3v) is 7.49. The second-order valence-corrected chi connectivity index (χ2v) is 9.39. The summed E-state index contributed by atoms with van der Waals surface area (Å²) in [6.07, 6.45) is 1.09. The van der Waals surface area contributed by atoms with Gasteiger partial charge in [0.2, 0.25) is 5.13 Å². The molecule has 4 rings (SSSR count). The Labute approximate surface area is 184 Å². The lowest BCUT2D eigenvalue weighted by Crippen LogP contribution is -2.31. The van der Waals surface area contributed by atoms with Crippen LogP contribution in [0.2, 0.25) is 0 Å². The van der Waals surface area contributed by atoms with Gasteiger partial charge in [-0.05, 0) is 18.2 Å². The highest BCUT2D eigenvalue weighted by Gasteiger charge is 2.30. The summed E-state index contributed by atoms with van der Waals surface area (Å²) in [4.78, 5) is 4.14. The van der Waals surface area contributed by atoms with E-state index in [4.69, 9.17) is 14.2 Å². The van der Waals surface area contributed by atoms with Crippen LogP contribution in [-0.4, -0.2) is 43.7 Å². The Bertz CT molecular complexity index is 1170. The van der Waals surface area contributed by atoms with Gasteiger partial charge in [0.1, 0.15) is 23.6 Å². The molecular weight excluding hydrogens is 442 g/mol. The van der Waals surface area contributed by atoms with Gasteiger partial charge in [0.25, 0.3) is 10.0 Å². The van der Waals surface area contributed by atoms with Crippen LogP contribution >= 0.6 is 11.5 Å². The van der Waals surface area contributed by atoms with E-state index in [1.165, 1.54) is 29.9 Å². The molecule has 9 nitrogen and oxygen atoms in total. The Kier molecular flexibility index (Phi) is 5.99. The lowest BCUT2D eigenvalue weighted by atomic mass is 10.0. The number of rotatable bonds is 7. The summed E-state index contributed by atoms with van der Waals surface area (Å²) in [7, 11) is -0.970. The minimum Gasteiger partial charge on any atom is -0.497 e. The molecule has 1 atom stereocenters. The Balaban J connectivity index is 1.75. The lowest BCUT2D eigenvalue weighted by molar-refractivity contribution is 0.115. The third-order valence-electron chi connectivity index (χ3n) is 4.95. The highest BCUT2D eigenvalue weighted by Crippen LogP contribution is 2.36. The zero-order valence-corrected chi connectivity index (χ0v) is 18.5. The Morgan fingerprint density at radius 3 is 2.77 bits per heavy atom. The van der Waals surface area contributed by atoms with E-state index in [-0.39, 0.29) is 16.6 Å². The lowest BCUT2D eigenvalue weighted by Gasteiger charge is -2.25. The molecule has 0 saturated heterocycles. The summed E-state index contributed by atoms with van der Waals surface area (Å²) in [6.45, 7) is 0.298. The van der Waals surface area contributed by atoms with Gasteiger partial charge in [-0.25, -0.2) is 17.7 Å². The molecule has 0 unspecified atom stereocenters. The largest absolute Gasteiger partial charge is 0.497 e. The van der Waals surface area contributed by atoms with Gasteiger partial charge in [0.15, 0.2) is 0 Å². The number of benzene rings is 2. The molecule has 31 heavy (non-hydrogen) atoms. The SMILES string of the molecule is COc1ccc(CN(c2ncns2)S(=O)(=O)c2ccc3c(c2)OCC[C@H]3O)c(OC)c1. The number of nitrogens with zero attached hydrogens (tertiary/aromatic N) is 3. The van der Waals surface area contributed by atoms with Crippen molar-refractivity contribution in [3.63, 3.8) is 0 Å². The molecule has 0 bridgehead atoms. The summed E-state index contributed by atoms with van der Waals surface area (Å²) in [5, 5.41) is 10.3. The van der Waals surface area contributed by atoms with Crippen LogP contribution in [-0.2, 0) is 16.6 Å². The molecule has 1 N–H and O–H groups in total. The molecule has 0 fully saturated rings. The molecule has 11 heteroatoms. The van der Waals surface area contributed by atoms with Crippen molar-refractivity contribution in [3.05, 3.63) is 53.9 Å². The van der Waals surface area contributed by atoms with Gasteiger partial charge in [-0.3, -0.25) is 0 Å². The van der Waals surface area contributed by atoms with Crippen LogP contribution < -0.4 is 18.5 Å². The smallest absolute Gasteiger partial charge is 0.266 e. The van der Waals surface area contributed by atoms with Gasteiger partial charge >= 0.3 is 0 Å². The molecule has 0 saturated carbocycles. The highest BCUT2D eigenvalue weighted by atomic mass is 32.2. The van der Waals surface area contributed by atoms with Crippen LogP contribution in [0.15, 0.2) is 47.6 Å². The molecule has 2 heterocycles.